The zero-order valence-electron chi connectivity index (χ0n) is 12.8. The number of likely N-dealkylation sites (N-methyl/N-ethyl adjacent to an activating group) is 1. The monoisotopic (exact) mass is 265 g/mol. The first-order valence-corrected chi connectivity index (χ1v) is 6.91. The molecule has 1 unspecified atom stereocenters. The number of aliphatic hydroxyl groups is 1. The van der Waals surface area contributed by atoms with Gasteiger partial charge >= 0.3 is 0 Å². The summed E-state index contributed by atoms with van der Waals surface area (Å²) in [5.41, 5.74) is 0.576. The lowest BCUT2D eigenvalue weighted by atomic mass is 9.87. The molecule has 19 heavy (non-hydrogen) atoms. The Morgan fingerprint density at radius 1 is 1.11 bits per heavy atom. The van der Waals surface area contributed by atoms with Crippen molar-refractivity contribution < 1.29 is 9.84 Å². The predicted molar refractivity (Wildman–Crippen MR) is 79.8 cm³/mol. The second kappa shape index (κ2) is 6.40. The Bertz CT molecular complexity index is 377. The second-order valence-corrected chi connectivity index (χ2v) is 6.34. The van der Waals surface area contributed by atoms with Gasteiger partial charge in [0, 0.05) is 6.54 Å². The molecule has 1 aromatic rings. The molecule has 0 aliphatic carbocycles. The van der Waals surface area contributed by atoms with Crippen molar-refractivity contribution in [3.63, 3.8) is 0 Å². The Morgan fingerprint density at radius 3 is 2.16 bits per heavy atom. The standard InChI is InChI=1S/C16H27NO2/c1-6-17-11-16(5,18)12-19-14-9-7-13(8-10-14)15(2,3)4/h7-10,17-18H,6,11-12H2,1-5H3. The summed E-state index contributed by atoms with van der Waals surface area (Å²) < 4.78 is 5.65. The number of hydrogen-bond acceptors (Lipinski definition) is 3. The normalized spacial score (nSPS) is 15.1. The molecule has 0 aromatic heterocycles. The fraction of sp³-hybridized carbons (Fsp3) is 0.625. The lowest BCUT2D eigenvalue weighted by molar-refractivity contribution is 0.0127. The van der Waals surface area contributed by atoms with Crippen LogP contribution in [0.1, 0.15) is 40.2 Å². The molecule has 1 rings (SSSR count). The van der Waals surface area contributed by atoms with E-state index in [2.05, 4.69) is 38.2 Å². The zero-order chi connectivity index (χ0) is 14.5. The van der Waals surface area contributed by atoms with Crippen LogP contribution in [0, 0.1) is 0 Å². The van der Waals surface area contributed by atoms with Crippen molar-refractivity contribution >= 4 is 0 Å². The van der Waals surface area contributed by atoms with Gasteiger partial charge in [-0.05, 0) is 36.6 Å². The van der Waals surface area contributed by atoms with E-state index in [-0.39, 0.29) is 12.0 Å². The molecule has 108 valence electrons. The van der Waals surface area contributed by atoms with Crippen molar-refractivity contribution in [1.82, 2.24) is 5.32 Å². The maximum atomic E-state index is 10.1. The minimum Gasteiger partial charge on any atom is -0.491 e. The molecule has 2 N–H and O–H groups in total. The van der Waals surface area contributed by atoms with Crippen LogP contribution in [0.3, 0.4) is 0 Å². The van der Waals surface area contributed by atoms with Crippen molar-refractivity contribution in [3.05, 3.63) is 29.8 Å². The summed E-state index contributed by atoms with van der Waals surface area (Å²) in [5.74, 6) is 0.796. The summed E-state index contributed by atoms with van der Waals surface area (Å²) in [7, 11) is 0. The molecular weight excluding hydrogens is 238 g/mol. The van der Waals surface area contributed by atoms with Crippen LogP contribution >= 0.6 is 0 Å². The van der Waals surface area contributed by atoms with Gasteiger partial charge in [-0.1, -0.05) is 39.8 Å². The Kier molecular flexibility index (Phi) is 5.39. The van der Waals surface area contributed by atoms with Crippen LogP contribution in [0.15, 0.2) is 24.3 Å². The van der Waals surface area contributed by atoms with E-state index >= 15 is 0 Å². The molecule has 0 saturated heterocycles. The van der Waals surface area contributed by atoms with Gasteiger partial charge in [-0.2, -0.15) is 0 Å². The molecular formula is C16H27NO2. The van der Waals surface area contributed by atoms with Crippen LogP contribution < -0.4 is 10.1 Å². The largest absolute Gasteiger partial charge is 0.491 e. The predicted octanol–water partition coefficient (Wildman–Crippen LogP) is 2.72. The lowest BCUT2D eigenvalue weighted by Crippen LogP contribution is -2.42. The molecule has 0 fully saturated rings. The molecule has 0 saturated carbocycles. The quantitative estimate of drug-likeness (QED) is 0.831. The van der Waals surface area contributed by atoms with E-state index in [4.69, 9.17) is 4.74 Å². The van der Waals surface area contributed by atoms with Crippen molar-refractivity contribution in [3.8, 4) is 5.75 Å². The first-order valence-electron chi connectivity index (χ1n) is 6.91. The van der Waals surface area contributed by atoms with Crippen molar-refractivity contribution in [1.29, 1.82) is 0 Å². The van der Waals surface area contributed by atoms with E-state index in [1.807, 2.05) is 19.1 Å². The number of benzene rings is 1. The molecule has 1 atom stereocenters. The third-order valence-corrected chi connectivity index (χ3v) is 3.03. The molecule has 1 aromatic carbocycles. The topological polar surface area (TPSA) is 41.5 Å². The maximum Gasteiger partial charge on any atom is 0.119 e. The van der Waals surface area contributed by atoms with Crippen LogP contribution in [-0.4, -0.2) is 30.4 Å². The van der Waals surface area contributed by atoms with Crippen LogP contribution in [0.25, 0.3) is 0 Å². The van der Waals surface area contributed by atoms with Crippen LogP contribution in [-0.2, 0) is 5.41 Å². The lowest BCUT2D eigenvalue weighted by Gasteiger charge is -2.24. The maximum absolute atomic E-state index is 10.1. The van der Waals surface area contributed by atoms with Crippen molar-refractivity contribution in [2.75, 3.05) is 19.7 Å². The van der Waals surface area contributed by atoms with Crippen LogP contribution in [0.5, 0.6) is 5.75 Å². The third kappa shape index (κ3) is 5.62. The molecule has 3 nitrogen and oxygen atoms in total. The second-order valence-electron chi connectivity index (χ2n) is 6.34. The van der Waals surface area contributed by atoms with Gasteiger partial charge in [0.1, 0.15) is 18.0 Å². The molecule has 0 heterocycles. The summed E-state index contributed by atoms with van der Waals surface area (Å²) in [6.45, 7) is 12.0. The van der Waals surface area contributed by atoms with Crippen LogP contribution in [0.4, 0.5) is 0 Å². The first-order chi connectivity index (χ1) is 8.74. The Morgan fingerprint density at radius 2 is 1.68 bits per heavy atom. The number of ether oxygens (including phenoxy) is 1. The van der Waals surface area contributed by atoms with Gasteiger partial charge in [0.2, 0.25) is 0 Å². The highest BCUT2D eigenvalue weighted by Gasteiger charge is 2.20. The van der Waals surface area contributed by atoms with Crippen molar-refractivity contribution in [2.24, 2.45) is 0 Å². The molecule has 0 radical (unpaired) electrons. The number of nitrogens with one attached hydrogen (secondary N) is 1. The molecule has 0 spiro atoms. The Labute approximate surface area is 117 Å². The van der Waals surface area contributed by atoms with E-state index in [1.165, 1.54) is 5.56 Å². The summed E-state index contributed by atoms with van der Waals surface area (Å²) in [6, 6.07) is 8.08. The highest BCUT2D eigenvalue weighted by atomic mass is 16.5. The minimum absolute atomic E-state index is 0.148. The van der Waals surface area contributed by atoms with Gasteiger partial charge in [0.05, 0.1) is 0 Å². The highest BCUT2D eigenvalue weighted by molar-refractivity contribution is 5.31. The smallest absolute Gasteiger partial charge is 0.119 e. The summed E-state index contributed by atoms with van der Waals surface area (Å²) >= 11 is 0. The molecule has 3 heteroatoms. The van der Waals surface area contributed by atoms with E-state index in [1.54, 1.807) is 6.92 Å². The molecule has 0 bridgehead atoms. The molecule has 0 aliphatic rings. The number of hydrogen-bond donors (Lipinski definition) is 2. The fourth-order valence-corrected chi connectivity index (χ4v) is 1.74. The van der Waals surface area contributed by atoms with Crippen LogP contribution in [0.2, 0.25) is 0 Å². The van der Waals surface area contributed by atoms with Gasteiger partial charge in [0.25, 0.3) is 0 Å². The average Bonchev–Trinajstić information content (AvgIpc) is 2.34. The summed E-state index contributed by atoms with van der Waals surface area (Å²) in [5, 5.41) is 13.2. The average molecular weight is 265 g/mol. The van der Waals surface area contributed by atoms with E-state index in [9.17, 15) is 5.11 Å². The van der Waals surface area contributed by atoms with E-state index in [0.717, 1.165) is 12.3 Å². The fourth-order valence-electron chi connectivity index (χ4n) is 1.74. The summed E-state index contributed by atoms with van der Waals surface area (Å²) in [4.78, 5) is 0. The van der Waals surface area contributed by atoms with E-state index in [0.29, 0.717) is 6.54 Å². The van der Waals surface area contributed by atoms with Gasteiger partial charge in [-0.3, -0.25) is 0 Å². The third-order valence-electron chi connectivity index (χ3n) is 3.03. The minimum atomic E-state index is -0.849. The van der Waals surface area contributed by atoms with Gasteiger partial charge in [-0.15, -0.1) is 0 Å². The van der Waals surface area contributed by atoms with Gasteiger partial charge < -0.3 is 15.2 Å². The highest BCUT2D eigenvalue weighted by Crippen LogP contribution is 2.24. The molecule has 0 amide bonds. The SMILES string of the molecule is CCNCC(C)(O)COc1ccc(C(C)(C)C)cc1. The Hall–Kier alpha value is -1.06. The van der Waals surface area contributed by atoms with Gasteiger partial charge in [-0.25, -0.2) is 0 Å². The number of rotatable bonds is 6. The van der Waals surface area contributed by atoms with E-state index < -0.39 is 5.60 Å². The molecule has 0 aliphatic heterocycles. The summed E-state index contributed by atoms with van der Waals surface area (Å²) in [6.07, 6.45) is 0. The van der Waals surface area contributed by atoms with Gasteiger partial charge in [0.15, 0.2) is 0 Å². The zero-order valence-corrected chi connectivity index (χ0v) is 12.8. The first kappa shape index (κ1) is 16.0. The Balaban J connectivity index is 2.54. The van der Waals surface area contributed by atoms with Crippen molar-refractivity contribution in [2.45, 2.75) is 45.6 Å².